The van der Waals surface area contributed by atoms with Crippen LogP contribution in [0.1, 0.15) is 83.1 Å². The molecule has 12 nitrogen and oxygen atoms in total. The normalized spacial score (nSPS) is 7.68. The molecule has 0 saturated heterocycles. The minimum atomic E-state index is 0. The van der Waals surface area contributed by atoms with Gasteiger partial charge in [-0.3, -0.25) is 0 Å². The molecule has 0 fully saturated rings. The second kappa shape index (κ2) is 100. The molecule has 18 aromatic rings. The van der Waals surface area contributed by atoms with Gasteiger partial charge in [0.2, 0.25) is 0 Å². The average molecular weight is 1760 g/mol. The van der Waals surface area contributed by atoms with Crippen LogP contribution in [0.25, 0.3) is 66.4 Å². The molecule has 0 saturated carbocycles. The van der Waals surface area contributed by atoms with E-state index in [2.05, 4.69) is 44.9 Å². The van der Waals surface area contributed by atoms with Crippen molar-refractivity contribution in [3.63, 3.8) is 0 Å². The van der Waals surface area contributed by atoms with Gasteiger partial charge < -0.3 is 72.8 Å². The van der Waals surface area contributed by atoms with Crippen LogP contribution in [-0.2, 0) is 111 Å². The number of hydrogen-bond acceptors (Lipinski definition) is 9. The molecular formula is C96H123N9O3V6-6. The molecule has 6 heterocycles. The Morgan fingerprint density at radius 2 is 0.298 bits per heavy atom. The van der Waals surface area contributed by atoms with Gasteiger partial charge in [0, 0.05) is 111 Å². The van der Waals surface area contributed by atoms with Crippen molar-refractivity contribution >= 4 is 66.4 Å². The maximum atomic E-state index is 5.01. The molecule has 0 aliphatic heterocycles. The van der Waals surface area contributed by atoms with E-state index in [1.807, 2.05) is 447 Å². The Morgan fingerprint density at radius 3 is 0.439 bits per heavy atom. The van der Waals surface area contributed by atoms with Gasteiger partial charge in [-0.2, -0.15) is 0 Å². The van der Waals surface area contributed by atoms with Crippen LogP contribution >= 0.6 is 0 Å². The Labute approximate surface area is 758 Å². The van der Waals surface area contributed by atoms with E-state index in [9.17, 15) is 0 Å². The van der Waals surface area contributed by atoms with Gasteiger partial charge in [0.25, 0.3) is 0 Å². The van der Waals surface area contributed by atoms with Crippen LogP contribution in [0.3, 0.4) is 0 Å². The summed E-state index contributed by atoms with van der Waals surface area (Å²) in [6, 6.07) is 119. The molecule has 0 aliphatic carbocycles. The van der Waals surface area contributed by atoms with Gasteiger partial charge in [-0.25, -0.2) is 29.9 Å². The molecule has 0 bridgehead atoms. The standard InChI is InChI=1S/3C7H6N2.3C7H5NO.6C6H6.6C2H6.6CH3.6V/c6*1-2-4-7-6(3-1)8-5-9-7;6*1-2-4-6-5-3-1;6*1-2;;;;;;;;;;;;/h3*1-5H,(H,8,9);3*1-5H;6*1-6H;6*1-2H3;6*1H3;;;;;;/q;;;;;;;;;;;;;;;;;;6*-1;;;;;;. The zero-order valence-electron chi connectivity index (χ0n) is 70.2. The van der Waals surface area contributed by atoms with E-state index in [-0.39, 0.29) is 156 Å². The molecule has 6 aromatic heterocycles. The molecular weight excluding hydrogens is 1630 g/mol. The smallest absolute Gasteiger partial charge is 0.181 e. The minimum absolute atomic E-state index is 0. The van der Waals surface area contributed by atoms with Crippen molar-refractivity contribution in [2.75, 3.05) is 0 Å². The molecule has 18 heteroatoms. The molecule has 0 amide bonds. The van der Waals surface area contributed by atoms with Crippen molar-refractivity contribution in [3.8, 4) is 0 Å². The zero-order chi connectivity index (χ0) is 74.1. The SMILES string of the molecule is CC.CC.CC.CC.CC.CC.[CH3-].[CH3-].[CH3-].[CH3-].[CH3-].[CH3-].[V].[V].[V].[V].[V].[V].c1ccc2[nH]cnc2c1.c1ccc2[nH]cnc2c1.c1ccc2[nH]cnc2c1.c1ccc2ocnc2c1.c1ccc2ocnc2c1.c1ccc2ocnc2c1.c1ccccc1.c1ccccc1.c1ccccc1.c1ccccc1.c1ccccc1.c1ccccc1. The van der Waals surface area contributed by atoms with Crippen LogP contribution in [0.15, 0.2) is 415 Å². The van der Waals surface area contributed by atoms with Crippen LogP contribution in [0.5, 0.6) is 0 Å². The zero-order valence-corrected chi connectivity index (χ0v) is 78.6. The number of oxazole rings is 3. The van der Waals surface area contributed by atoms with E-state index in [0.717, 1.165) is 66.4 Å². The second-order valence-electron chi connectivity index (χ2n) is 18.1. The molecule has 0 atom stereocenters. The summed E-state index contributed by atoms with van der Waals surface area (Å²) in [6.07, 6.45) is 9.44. The number of rotatable bonds is 0. The van der Waals surface area contributed by atoms with Crippen molar-refractivity contribution in [1.82, 2.24) is 44.9 Å². The van der Waals surface area contributed by atoms with Crippen LogP contribution in [-0.4, -0.2) is 44.9 Å². The van der Waals surface area contributed by atoms with Crippen molar-refractivity contribution in [1.29, 1.82) is 0 Å². The number of para-hydroxylation sites is 12. The molecule has 0 spiro atoms. The maximum Gasteiger partial charge on any atom is 0.181 e. The summed E-state index contributed by atoms with van der Waals surface area (Å²) in [6.45, 7) is 24.0. The van der Waals surface area contributed by atoms with Crippen molar-refractivity contribution < 1.29 is 125 Å². The molecule has 6 radical (unpaired) electrons. The summed E-state index contributed by atoms with van der Waals surface area (Å²) in [5.41, 5.74) is 11.6. The Hall–Kier alpha value is -9.03. The van der Waals surface area contributed by atoms with Gasteiger partial charge in [0.15, 0.2) is 35.9 Å². The third-order valence-corrected chi connectivity index (χ3v) is 11.7. The van der Waals surface area contributed by atoms with Gasteiger partial charge in [-0.1, -0.05) is 374 Å². The van der Waals surface area contributed by atoms with Crippen molar-refractivity contribution in [3.05, 3.63) is 447 Å². The molecule has 114 heavy (non-hydrogen) atoms. The molecule has 18 rings (SSSR count). The van der Waals surface area contributed by atoms with E-state index >= 15 is 0 Å². The van der Waals surface area contributed by atoms with Crippen LogP contribution in [0.4, 0.5) is 0 Å². The molecule has 0 aliphatic rings. The summed E-state index contributed by atoms with van der Waals surface area (Å²) in [5.74, 6) is 0. The first-order valence-electron chi connectivity index (χ1n) is 34.8. The Kier molecular flexibility index (Phi) is 115. The monoisotopic (exact) mass is 1760 g/mol. The number of nitrogens with one attached hydrogen (secondary N) is 3. The molecule has 3 N–H and O–H groups in total. The summed E-state index contributed by atoms with van der Waals surface area (Å²) >= 11 is 0. The number of H-pyrrole nitrogens is 3. The van der Waals surface area contributed by atoms with Gasteiger partial charge in [0.05, 0.1) is 52.1 Å². The first-order valence-corrected chi connectivity index (χ1v) is 34.8. The molecule has 606 valence electrons. The second-order valence-corrected chi connectivity index (χ2v) is 18.1. The maximum absolute atomic E-state index is 5.01. The Balaban J connectivity index is -0.0000000977. The fourth-order valence-corrected chi connectivity index (χ4v) is 7.36. The van der Waals surface area contributed by atoms with Gasteiger partial charge in [0.1, 0.15) is 16.6 Å². The van der Waals surface area contributed by atoms with Crippen molar-refractivity contribution in [2.24, 2.45) is 0 Å². The summed E-state index contributed by atoms with van der Waals surface area (Å²) in [4.78, 5) is 33.1. The van der Waals surface area contributed by atoms with Gasteiger partial charge in [-0.15, -0.1) is 0 Å². The molecule has 12 aromatic carbocycles. The third kappa shape index (κ3) is 64.4. The number of imidazole rings is 3. The Bertz CT molecular complexity index is 3460. The average Bonchev–Trinajstić information content (AvgIpc) is 1.80. The number of hydrogen-bond donors (Lipinski definition) is 3. The van der Waals surface area contributed by atoms with Gasteiger partial charge in [-0.05, 0) is 72.8 Å². The summed E-state index contributed by atoms with van der Waals surface area (Å²) in [5, 5.41) is 0. The van der Waals surface area contributed by atoms with Crippen molar-refractivity contribution in [2.45, 2.75) is 83.1 Å². The molecule has 0 unspecified atom stereocenters. The van der Waals surface area contributed by atoms with E-state index in [0.29, 0.717) is 0 Å². The Morgan fingerprint density at radius 1 is 0.167 bits per heavy atom. The van der Waals surface area contributed by atoms with E-state index < -0.39 is 0 Å². The predicted molar refractivity (Wildman–Crippen MR) is 476 cm³/mol. The number of fused-ring (bicyclic) bond motifs is 6. The third-order valence-electron chi connectivity index (χ3n) is 11.7. The fourth-order valence-electron chi connectivity index (χ4n) is 7.36. The van der Waals surface area contributed by atoms with Crippen LogP contribution < -0.4 is 0 Å². The first kappa shape index (κ1) is 131. The predicted octanol–water partition coefficient (Wildman–Crippen LogP) is 29.1. The number of aromatic nitrogens is 9. The fraction of sp³-hybridized carbons (Fsp3) is 0.125. The number of benzene rings is 12. The van der Waals surface area contributed by atoms with Crippen LogP contribution in [0.2, 0.25) is 0 Å². The van der Waals surface area contributed by atoms with Crippen LogP contribution in [0, 0.1) is 44.6 Å². The van der Waals surface area contributed by atoms with Gasteiger partial charge >= 0.3 is 0 Å². The van der Waals surface area contributed by atoms with E-state index in [1.54, 1.807) is 19.0 Å². The summed E-state index contributed by atoms with van der Waals surface area (Å²) in [7, 11) is 0. The number of nitrogens with zero attached hydrogens (tertiary/aromatic N) is 6. The topological polar surface area (TPSA) is 164 Å². The largest absolute Gasteiger partial charge is 0.443 e. The first-order chi connectivity index (χ1) is 50.8. The van der Waals surface area contributed by atoms with E-state index in [4.69, 9.17) is 13.3 Å². The quantitative estimate of drug-likeness (QED) is 0.125. The number of aromatic amines is 3. The minimum Gasteiger partial charge on any atom is -0.443 e. The summed E-state index contributed by atoms with van der Waals surface area (Å²) < 4.78 is 15.0. The van der Waals surface area contributed by atoms with E-state index in [1.165, 1.54) is 19.2 Å².